The Labute approximate surface area is 122 Å². The number of benzene rings is 1. The fourth-order valence-corrected chi connectivity index (χ4v) is 2.98. The lowest BCUT2D eigenvalue weighted by molar-refractivity contribution is 0.345. The predicted molar refractivity (Wildman–Crippen MR) is 79.9 cm³/mol. The standard InChI is InChI=1S/C16H16N4O/c1-10-12(7-9-17-10)16-19-15(20-21-16)14-13-5-3-2-4-11(13)6-8-18-14/h2-6,8,10,12,17H,7,9H2,1H3. The number of pyridine rings is 1. The minimum atomic E-state index is 0.293. The average molecular weight is 280 g/mol. The Hall–Kier alpha value is -2.27. The summed E-state index contributed by atoms with van der Waals surface area (Å²) in [4.78, 5) is 9.02. The number of aromatic nitrogens is 3. The molecular formula is C16H16N4O. The molecule has 0 saturated carbocycles. The highest BCUT2D eigenvalue weighted by Gasteiger charge is 2.29. The molecule has 1 aliphatic heterocycles. The molecule has 3 aromatic rings. The predicted octanol–water partition coefficient (Wildman–Crippen LogP) is 2.75. The second-order valence-corrected chi connectivity index (χ2v) is 5.47. The van der Waals surface area contributed by atoms with Crippen LogP contribution < -0.4 is 5.32 Å². The lowest BCUT2D eigenvalue weighted by Crippen LogP contribution is -2.21. The van der Waals surface area contributed by atoms with Crippen LogP contribution in [0.5, 0.6) is 0 Å². The molecule has 1 aliphatic rings. The zero-order chi connectivity index (χ0) is 14.2. The van der Waals surface area contributed by atoms with Crippen molar-refractivity contribution in [3.8, 4) is 11.5 Å². The first kappa shape index (κ1) is 12.5. The van der Waals surface area contributed by atoms with Crippen molar-refractivity contribution in [3.63, 3.8) is 0 Å². The summed E-state index contributed by atoms with van der Waals surface area (Å²) in [6.07, 6.45) is 2.82. The van der Waals surface area contributed by atoms with Gasteiger partial charge in [0.1, 0.15) is 5.69 Å². The summed E-state index contributed by atoms with van der Waals surface area (Å²) in [5.74, 6) is 1.57. The van der Waals surface area contributed by atoms with Gasteiger partial charge in [0.15, 0.2) is 0 Å². The van der Waals surface area contributed by atoms with Gasteiger partial charge in [0.2, 0.25) is 11.7 Å². The second-order valence-electron chi connectivity index (χ2n) is 5.47. The van der Waals surface area contributed by atoms with E-state index in [-0.39, 0.29) is 0 Å². The van der Waals surface area contributed by atoms with Crippen molar-refractivity contribution in [1.82, 2.24) is 20.4 Å². The van der Waals surface area contributed by atoms with Gasteiger partial charge in [-0.1, -0.05) is 29.4 Å². The highest BCUT2D eigenvalue weighted by Crippen LogP contribution is 2.29. The molecule has 3 heterocycles. The first-order valence-electron chi connectivity index (χ1n) is 7.24. The zero-order valence-electron chi connectivity index (χ0n) is 11.8. The van der Waals surface area contributed by atoms with Gasteiger partial charge < -0.3 is 9.84 Å². The lowest BCUT2D eigenvalue weighted by atomic mass is 10.0. The van der Waals surface area contributed by atoms with Crippen LogP contribution in [0.25, 0.3) is 22.3 Å². The Morgan fingerprint density at radius 3 is 3.00 bits per heavy atom. The van der Waals surface area contributed by atoms with Crippen molar-refractivity contribution in [2.75, 3.05) is 6.54 Å². The smallest absolute Gasteiger partial charge is 0.231 e. The highest BCUT2D eigenvalue weighted by atomic mass is 16.5. The van der Waals surface area contributed by atoms with Crippen LogP contribution in [0.2, 0.25) is 0 Å². The van der Waals surface area contributed by atoms with Crippen LogP contribution in [0.15, 0.2) is 41.1 Å². The first-order chi connectivity index (χ1) is 10.3. The number of hydrogen-bond acceptors (Lipinski definition) is 5. The molecule has 4 rings (SSSR count). The molecule has 2 aromatic heterocycles. The molecule has 5 heteroatoms. The van der Waals surface area contributed by atoms with Gasteiger partial charge in [-0.25, -0.2) is 0 Å². The molecule has 0 aliphatic carbocycles. The van der Waals surface area contributed by atoms with Crippen LogP contribution in [0.1, 0.15) is 25.2 Å². The van der Waals surface area contributed by atoms with Crippen LogP contribution in [0.4, 0.5) is 0 Å². The minimum Gasteiger partial charge on any atom is -0.339 e. The van der Waals surface area contributed by atoms with Gasteiger partial charge in [-0.05, 0) is 31.3 Å². The Kier molecular flexibility index (Phi) is 2.93. The van der Waals surface area contributed by atoms with E-state index in [4.69, 9.17) is 4.52 Å². The fraction of sp³-hybridized carbons (Fsp3) is 0.312. The van der Waals surface area contributed by atoms with E-state index in [1.165, 1.54) is 0 Å². The van der Waals surface area contributed by atoms with Gasteiger partial charge in [0.25, 0.3) is 0 Å². The van der Waals surface area contributed by atoms with Gasteiger partial charge in [-0.15, -0.1) is 0 Å². The van der Waals surface area contributed by atoms with E-state index in [1.54, 1.807) is 6.20 Å². The number of fused-ring (bicyclic) bond motifs is 1. The summed E-state index contributed by atoms with van der Waals surface area (Å²) in [5.41, 5.74) is 0.779. The van der Waals surface area contributed by atoms with E-state index in [2.05, 4.69) is 33.4 Å². The molecule has 0 radical (unpaired) electrons. The van der Waals surface area contributed by atoms with E-state index in [1.807, 2.05) is 24.3 Å². The molecule has 2 atom stereocenters. The summed E-state index contributed by atoms with van der Waals surface area (Å²) in [7, 11) is 0. The quantitative estimate of drug-likeness (QED) is 0.782. The highest BCUT2D eigenvalue weighted by molar-refractivity contribution is 5.92. The van der Waals surface area contributed by atoms with Crippen molar-refractivity contribution >= 4 is 10.8 Å². The molecule has 5 nitrogen and oxygen atoms in total. The van der Waals surface area contributed by atoms with E-state index in [9.17, 15) is 0 Å². The number of rotatable bonds is 2. The third-order valence-corrected chi connectivity index (χ3v) is 4.17. The number of nitrogens with one attached hydrogen (secondary N) is 1. The van der Waals surface area contributed by atoms with Crippen LogP contribution in [-0.2, 0) is 0 Å². The summed E-state index contributed by atoms with van der Waals surface area (Å²) >= 11 is 0. The van der Waals surface area contributed by atoms with Gasteiger partial charge in [-0.2, -0.15) is 4.98 Å². The third kappa shape index (κ3) is 2.10. The molecule has 106 valence electrons. The monoisotopic (exact) mass is 280 g/mol. The summed E-state index contributed by atoms with van der Waals surface area (Å²) in [6.45, 7) is 3.15. The number of nitrogens with zero attached hydrogens (tertiary/aromatic N) is 3. The Morgan fingerprint density at radius 1 is 1.24 bits per heavy atom. The molecular weight excluding hydrogens is 264 g/mol. The minimum absolute atomic E-state index is 0.293. The van der Waals surface area contributed by atoms with Crippen molar-refractivity contribution < 1.29 is 4.52 Å². The van der Waals surface area contributed by atoms with Crippen LogP contribution in [0, 0.1) is 0 Å². The normalized spacial score (nSPS) is 22.0. The maximum absolute atomic E-state index is 5.48. The number of hydrogen-bond donors (Lipinski definition) is 1. The fourth-order valence-electron chi connectivity index (χ4n) is 2.98. The molecule has 1 saturated heterocycles. The molecule has 0 bridgehead atoms. The lowest BCUT2D eigenvalue weighted by Gasteiger charge is -2.08. The Balaban J connectivity index is 1.78. The topological polar surface area (TPSA) is 63.8 Å². The molecule has 1 fully saturated rings. The van der Waals surface area contributed by atoms with Gasteiger partial charge in [-0.3, -0.25) is 4.98 Å². The average Bonchev–Trinajstić information content (AvgIpc) is 3.15. The summed E-state index contributed by atoms with van der Waals surface area (Å²) in [6, 6.07) is 10.5. The van der Waals surface area contributed by atoms with Crippen LogP contribution in [-0.4, -0.2) is 27.7 Å². The molecule has 1 N–H and O–H groups in total. The van der Waals surface area contributed by atoms with Crippen molar-refractivity contribution in [2.24, 2.45) is 0 Å². The van der Waals surface area contributed by atoms with Crippen molar-refractivity contribution in [2.45, 2.75) is 25.3 Å². The summed E-state index contributed by atoms with van der Waals surface area (Å²) < 4.78 is 5.48. The van der Waals surface area contributed by atoms with E-state index in [0.717, 1.165) is 29.4 Å². The maximum atomic E-state index is 5.48. The summed E-state index contributed by atoms with van der Waals surface area (Å²) in [5, 5.41) is 9.72. The Morgan fingerprint density at radius 2 is 2.14 bits per heavy atom. The zero-order valence-corrected chi connectivity index (χ0v) is 11.8. The van der Waals surface area contributed by atoms with Crippen molar-refractivity contribution in [1.29, 1.82) is 0 Å². The third-order valence-electron chi connectivity index (χ3n) is 4.17. The largest absolute Gasteiger partial charge is 0.339 e. The van der Waals surface area contributed by atoms with E-state index in [0.29, 0.717) is 23.7 Å². The Bertz CT molecular complexity index is 777. The van der Waals surface area contributed by atoms with E-state index < -0.39 is 0 Å². The van der Waals surface area contributed by atoms with Gasteiger partial charge in [0.05, 0.1) is 5.92 Å². The molecule has 2 unspecified atom stereocenters. The molecule has 0 spiro atoms. The second kappa shape index (κ2) is 4.93. The van der Waals surface area contributed by atoms with Gasteiger partial charge in [0, 0.05) is 17.6 Å². The van der Waals surface area contributed by atoms with Gasteiger partial charge >= 0.3 is 0 Å². The van der Waals surface area contributed by atoms with Crippen molar-refractivity contribution in [3.05, 3.63) is 42.4 Å². The van der Waals surface area contributed by atoms with E-state index >= 15 is 0 Å². The van der Waals surface area contributed by atoms with Crippen LogP contribution >= 0.6 is 0 Å². The van der Waals surface area contributed by atoms with Crippen LogP contribution in [0.3, 0.4) is 0 Å². The molecule has 21 heavy (non-hydrogen) atoms. The molecule has 0 amide bonds. The maximum Gasteiger partial charge on any atom is 0.231 e. The SMILES string of the molecule is CC1NCCC1c1nc(-c2nccc3ccccc23)no1. The molecule has 1 aromatic carbocycles. The first-order valence-corrected chi connectivity index (χ1v) is 7.24.